The third-order valence-electron chi connectivity index (χ3n) is 3.55. The number of phenols is 3. The molecule has 25 heavy (non-hydrogen) atoms. The number of hydrogen-bond donors (Lipinski definition) is 4. The van der Waals surface area contributed by atoms with E-state index in [1.165, 1.54) is 36.4 Å². The zero-order valence-electron chi connectivity index (χ0n) is 13.2. The van der Waals surface area contributed by atoms with Crippen LogP contribution in [0.15, 0.2) is 48.5 Å². The van der Waals surface area contributed by atoms with E-state index in [9.17, 15) is 28.5 Å². The second kappa shape index (κ2) is 7.94. The molecule has 0 heterocycles. The number of nitrogens with one attached hydrogen (secondary N) is 1. The summed E-state index contributed by atoms with van der Waals surface area (Å²) in [5.41, 5.74) is 1.14. The summed E-state index contributed by atoms with van der Waals surface area (Å²) in [5, 5.41) is 30.2. The Bertz CT molecular complexity index is 727. The molecule has 1 atom stereocenters. The molecule has 0 amide bonds. The topological polar surface area (TPSA) is 72.7 Å². The summed E-state index contributed by atoms with van der Waals surface area (Å²) in [7, 11) is 0. The Morgan fingerprint density at radius 2 is 1.64 bits per heavy atom. The maximum absolute atomic E-state index is 13.1. The molecule has 0 spiro atoms. The lowest BCUT2D eigenvalue weighted by Crippen LogP contribution is -2.41. The summed E-state index contributed by atoms with van der Waals surface area (Å²) in [6, 6.07) is 8.19. The number of benzene rings is 2. The summed E-state index contributed by atoms with van der Waals surface area (Å²) in [4.78, 5) is 0. The first-order chi connectivity index (χ1) is 11.8. The molecule has 0 bridgehead atoms. The summed E-state index contributed by atoms with van der Waals surface area (Å²) in [6.07, 6.45) is -1.90. The van der Waals surface area contributed by atoms with Gasteiger partial charge >= 0.3 is 6.18 Å². The quantitative estimate of drug-likeness (QED) is 0.599. The predicted octanol–water partition coefficient (Wildman–Crippen LogP) is 3.58. The second-order valence-corrected chi connectivity index (χ2v) is 5.50. The fourth-order valence-electron chi connectivity index (χ4n) is 2.18. The SMILES string of the molecule is Oc1ccc(CCNC(/C=C/c2ccc(O)c(O)c2)C(F)(F)F)cc1. The molecule has 0 aliphatic heterocycles. The number of rotatable bonds is 6. The Kier molecular flexibility index (Phi) is 5.93. The highest BCUT2D eigenvalue weighted by molar-refractivity contribution is 5.55. The molecule has 0 aliphatic carbocycles. The first-order valence-electron chi connectivity index (χ1n) is 7.54. The molecular weight excluding hydrogens is 335 g/mol. The molecule has 7 heteroatoms. The minimum atomic E-state index is -4.47. The van der Waals surface area contributed by atoms with Crippen molar-refractivity contribution in [3.8, 4) is 17.2 Å². The van der Waals surface area contributed by atoms with Crippen LogP contribution in [0, 0.1) is 0 Å². The van der Waals surface area contributed by atoms with Crippen molar-refractivity contribution in [2.24, 2.45) is 0 Å². The van der Waals surface area contributed by atoms with E-state index in [4.69, 9.17) is 0 Å². The second-order valence-electron chi connectivity index (χ2n) is 5.50. The van der Waals surface area contributed by atoms with Crippen molar-refractivity contribution in [2.45, 2.75) is 18.6 Å². The van der Waals surface area contributed by atoms with Crippen molar-refractivity contribution in [2.75, 3.05) is 6.54 Å². The van der Waals surface area contributed by atoms with Crippen LogP contribution >= 0.6 is 0 Å². The maximum Gasteiger partial charge on any atom is 0.407 e. The lowest BCUT2D eigenvalue weighted by atomic mass is 10.1. The van der Waals surface area contributed by atoms with E-state index in [0.29, 0.717) is 12.0 Å². The van der Waals surface area contributed by atoms with Gasteiger partial charge in [-0.1, -0.05) is 30.4 Å². The average molecular weight is 353 g/mol. The minimum Gasteiger partial charge on any atom is -0.508 e. The molecule has 2 aromatic rings. The van der Waals surface area contributed by atoms with Crippen LogP contribution in [0.1, 0.15) is 11.1 Å². The monoisotopic (exact) mass is 353 g/mol. The third-order valence-corrected chi connectivity index (χ3v) is 3.55. The van der Waals surface area contributed by atoms with Crippen molar-refractivity contribution in [3.63, 3.8) is 0 Å². The van der Waals surface area contributed by atoms with Gasteiger partial charge in [0.25, 0.3) is 0 Å². The molecule has 134 valence electrons. The highest BCUT2D eigenvalue weighted by Crippen LogP contribution is 2.26. The zero-order valence-corrected chi connectivity index (χ0v) is 13.2. The van der Waals surface area contributed by atoms with E-state index in [2.05, 4.69) is 5.32 Å². The van der Waals surface area contributed by atoms with E-state index in [0.717, 1.165) is 11.6 Å². The number of phenolic OH excluding ortho intramolecular Hbond substituents is 3. The Hall–Kier alpha value is -2.67. The first kappa shape index (κ1) is 18.7. The largest absolute Gasteiger partial charge is 0.508 e. The first-order valence-corrected chi connectivity index (χ1v) is 7.54. The van der Waals surface area contributed by atoms with Gasteiger partial charge in [-0.05, 0) is 41.8 Å². The van der Waals surface area contributed by atoms with Gasteiger partial charge in [-0.2, -0.15) is 13.2 Å². The molecular formula is C18H18F3NO3. The smallest absolute Gasteiger partial charge is 0.407 e. The number of aromatic hydroxyl groups is 3. The predicted molar refractivity (Wildman–Crippen MR) is 88.5 cm³/mol. The molecule has 2 aromatic carbocycles. The standard InChI is InChI=1S/C18H18F3NO3/c19-18(20,21)17(8-4-13-3-7-15(24)16(25)11-13)22-10-9-12-1-5-14(23)6-2-12/h1-8,11,17,22-25H,9-10H2/b8-4+. The van der Waals surface area contributed by atoms with Gasteiger partial charge in [0.05, 0.1) is 0 Å². The Balaban J connectivity index is 1.99. The normalized spacial score (nSPS) is 13.2. The van der Waals surface area contributed by atoms with Crippen molar-refractivity contribution in [1.29, 1.82) is 0 Å². The van der Waals surface area contributed by atoms with Gasteiger partial charge in [0.1, 0.15) is 11.8 Å². The lowest BCUT2D eigenvalue weighted by Gasteiger charge is -2.18. The van der Waals surface area contributed by atoms with Crippen LogP contribution in [0.2, 0.25) is 0 Å². The Morgan fingerprint density at radius 1 is 0.960 bits per heavy atom. The van der Waals surface area contributed by atoms with Gasteiger partial charge in [0.2, 0.25) is 0 Å². The molecule has 0 saturated carbocycles. The molecule has 0 fully saturated rings. The lowest BCUT2D eigenvalue weighted by molar-refractivity contribution is -0.144. The maximum atomic E-state index is 13.1. The van der Waals surface area contributed by atoms with Gasteiger partial charge in [0, 0.05) is 6.54 Å². The molecule has 0 saturated heterocycles. The highest BCUT2D eigenvalue weighted by Gasteiger charge is 2.37. The Morgan fingerprint density at radius 3 is 2.24 bits per heavy atom. The van der Waals surface area contributed by atoms with Crippen LogP contribution in [-0.4, -0.2) is 34.1 Å². The Labute approximate surface area is 142 Å². The molecule has 0 radical (unpaired) electrons. The fourth-order valence-corrected chi connectivity index (χ4v) is 2.18. The summed E-state index contributed by atoms with van der Waals surface area (Å²) >= 11 is 0. The van der Waals surface area contributed by atoms with Crippen LogP contribution in [-0.2, 0) is 6.42 Å². The van der Waals surface area contributed by atoms with Crippen molar-refractivity contribution in [1.82, 2.24) is 5.32 Å². The van der Waals surface area contributed by atoms with Gasteiger partial charge in [-0.25, -0.2) is 0 Å². The van der Waals surface area contributed by atoms with Gasteiger partial charge in [-0.15, -0.1) is 0 Å². The van der Waals surface area contributed by atoms with E-state index >= 15 is 0 Å². The molecule has 4 nitrogen and oxygen atoms in total. The minimum absolute atomic E-state index is 0.0973. The summed E-state index contributed by atoms with van der Waals surface area (Å²) in [5.74, 6) is -0.632. The molecule has 0 aliphatic rings. The van der Waals surface area contributed by atoms with Gasteiger partial charge < -0.3 is 20.6 Å². The van der Waals surface area contributed by atoms with Crippen molar-refractivity contribution in [3.05, 3.63) is 59.7 Å². The van der Waals surface area contributed by atoms with Gasteiger partial charge in [0.15, 0.2) is 11.5 Å². The van der Waals surface area contributed by atoms with Crippen LogP contribution in [0.25, 0.3) is 6.08 Å². The molecule has 1 unspecified atom stereocenters. The third kappa shape index (κ3) is 5.72. The fraction of sp³-hybridized carbons (Fsp3) is 0.222. The highest BCUT2D eigenvalue weighted by atomic mass is 19.4. The summed E-state index contributed by atoms with van der Waals surface area (Å²) in [6.45, 7) is 0.0973. The molecule has 0 aromatic heterocycles. The van der Waals surface area contributed by atoms with E-state index in [-0.39, 0.29) is 18.0 Å². The van der Waals surface area contributed by atoms with Crippen LogP contribution in [0.3, 0.4) is 0 Å². The van der Waals surface area contributed by atoms with Crippen LogP contribution in [0.5, 0.6) is 17.2 Å². The molecule has 2 rings (SSSR count). The molecule has 4 N–H and O–H groups in total. The zero-order chi connectivity index (χ0) is 18.4. The van der Waals surface area contributed by atoms with Crippen LogP contribution in [0.4, 0.5) is 13.2 Å². The van der Waals surface area contributed by atoms with Crippen molar-refractivity contribution < 1.29 is 28.5 Å². The van der Waals surface area contributed by atoms with E-state index < -0.39 is 18.0 Å². The van der Waals surface area contributed by atoms with E-state index in [1.807, 2.05) is 0 Å². The van der Waals surface area contributed by atoms with Crippen molar-refractivity contribution >= 4 is 6.08 Å². The number of alkyl halides is 3. The van der Waals surface area contributed by atoms with E-state index in [1.54, 1.807) is 12.1 Å². The van der Waals surface area contributed by atoms with Crippen LogP contribution < -0.4 is 5.32 Å². The van der Waals surface area contributed by atoms with Gasteiger partial charge in [-0.3, -0.25) is 0 Å². The number of halogens is 3. The number of hydrogen-bond acceptors (Lipinski definition) is 4. The summed E-state index contributed by atoms with van der Waals surface area (Å²) < 4.78 is 39.3. The average Bonchev–Trinajstić information content (AvgIpc) is 2.54.